The van der Waals surface area contributed by atoms with Crippen LogP contribution in [0.5, 0.6) is 46.0 Å². The molecule has 0 aromatic heterocycles. The molecule has 0 radical (unpaired) electrons. The normalized spacial score (nSPS) is 19.8. The van der Waals surface area contributed by atoms with Crippen molar-refractivity contribution in [2.75, 3.05) is 56.4 Å². The zero-order valence-electron chi connectivity index (χ0n) is 31.5. The number of halogens is 4. The van der Waals surface area contributed by atoms with Crippen molar-refractivity contribution < 1.29 is 47.5 Å². The molecule has 55 heavy (non-hydrogen) atoms. The van der Waals surface area contributed by atoms with Gasteiger partial charge in [-0.3, -0.25) is 9.59 Å². The van der Waals surface area contributed by atoms with Crippen molar-refractivity contribution in [2.24, 2.45) is 11.8 Å². The lowest BCUT2D eigenvalue weighted by Crippen LogP contribution is -2.08. The Morgan fingerprint density at radius 3 is 1.11 bits per heavy atom. The number of ketones is 2. The fraction of sp³-hybridized carbons (Fsp3) is 0.366. The number of methoxy groups -OCH3 is 7. The molecule has 6 rings (SSSR count). The maximum absolute atomic E-state index is 13.2. The summed E-state index contributed by atoms with van der Waals surface area (Å²) in [4.78, 5) is 26.3. The molecule has 4 aromatic carbocycles. The van der Waals surface area contributed by atoms with Crippen LogP contribution in [0, 0.1) is 11.8 Å². The van der Waals surface area contributed by atoms with Crippen molar-refractivity contribution >= 4 is 58.0 Å². The highest BCUT2D eigenvalue weighted by molar-refractivity contribution is 6.54. The first-order chi connectivity index (χ1) is 26.3. The molecule has 14 heteroatoms. The summed E-state index contributed by atoms with van der Waals surface area (Å²) in [7, 11) is 10.6. The number of benzene rings is 4. The minimum absolute atomic E-state index is 0.178. The minimum atomic E-state index is -1.18. The van der Waals surface area contributed by atoms with Crippen LogP contribution < -0.4 is 37.9 Å². The fourth-order valence-corrected chi connectivity index (χ4v) is 8.35. The molecule has 0 saturated heterocycles. The number of carbonyl (C=O) groups excluding carboxylic acids is 2. The number of ether oxygens (including phenoxy) is 8. The summed E-state index contributed by atoms with van der Waals surface area (Å²) >= 11 is 25.9. The third kappa shape index (κ3) is 8.33. The van der Waals surface area contributed by atoms with Gasteiger partial charge < -0.3 is 37.9 Å². The van der Waals surface area contributed by atoms with Gasteiger partial charge in [-0.25, -0.2) is 0 Å². The van der Waals surface area contributed by atoms with Crippen LogP contribution in [0.25, 0.3) is 0 Å². The average molecular weight is 837 g/mol. The molecule has 294 valence electrons. The van der Waals surface area contributed by atoms with Crippen LogP contribution in [-0.4, -0.2) is 76.6 Å². The topological polar surface area (TPSA) is 108 Å². The summed E-state index contributed by atoms with van der Waals surface area (Å²) in [5, 5.41) is 0. The van der Waals surface area contributed by atoms with Gasteiger partial charge >= 0.3 is 0 Å². The zero-order valence-corrected chi connectivity index (χ0v) is 34.6. The second kappa shape index (κ2) is 17.3. The number of alkyl halides is 4. The number of hydrogen-bond acceptors (Lipinski definition) is 10. The highest BCUT2D eigenvalue weighted by Gasteiger charge is 2.68. The first kappa shape index (κ1) is 41.9. The van der Waals surface area contributed by atoms with Gasteiger partial charge in [0.25, 0.3) is 0 Å². The van der Waals surface area contributed by atoms with Crippen LogP contribution in [0.2, 0.25) is 0 Å². The lowest BCUT2D eigenvalue weighted by molar-refractivity contribution is 0.0956. The Balaban J connectivity index is 0.000000211. The van der Waals surface area contributed by atoms with Gasteiger partial charge in [-0.05, 0) is 66.6 Å². The van der Waals surface area contributed by atoms with Crippen molar-refractivity contribution in [1.82, 2.24) is 0 Å². The zero-order chi connectivity index (χ0) is 40.2. The highest BCUT2D eigenvalue weighted by Crippen LogP contribution is 2.67. The van der Waals surface area contributed by atoms with Crippen molar-refractivity contribution in [3.05, 3.63) is 95.1 Å². The molecule has 4 aromatic rings. The standard InChI is InChI=1S/C21H22Cl2O5.C20H20Cl2O5/c1-5-28-14-8-6-12(7-9-14)17-18(21(17,22)23)19(24)13-10-15(25-2)20(27-4)16(11-13)26-3;1-24-13-7-5-11(6-8-13)16-17(20(16,21)22)18(23)12-9-14(25-2)19(27-4)15(10-12)26-3/h6-11,17-18H,5H2,1-4H3;5-10,16-17H,1-4H3. The fourth-order valence-electron chi connectivity index (χ4n) is 6.69. The van der Waals surface area contributed by atoms with Gasteiger partial charge in [-0.15, -0.1) is 46.4 Å². The Morgan fingerprint density at radius 1 is 0.509 bits per heavy atom. The van der Waals surface area contributed by atoms with E-state index in [1.54, 1.807) is 31.4 Å². The van der Waals surface area contributed by atoms with E-state index in [1.165, 1.54) is 42.7 Å². The largest absolute Gasteiger partial charge is 0.497 e. The summed E-state index contributed by atoms with van der Waals surface area (Å²) in [6.45, 7) is 2.50. The van der Waals surface area contributed by atoms with Gasteiger partial charge in [-0.2, -0.15) is 0 Å². The van der Waals surface area contributed by atoms with E-state index in [-0.39, 0.29) is 23.4 Å². The van der Waals surface area contributed by atoms with E-state index in [0.717, 1.165) is 22.6 Å². The summed E-state index contributed by atoms with van der Waals surface area (Å²) < 4.78 is 40.2. The molecule has 0 heterocycles. The van der Waals surface area contributed by atoms with Gasteiger partial charge in [0.15, 0.2) is 34.6 Å². The molecule has 2 aliphatic rings. The second-order valence-corrected chi connectivity index (χ2v) is 15.5. The predicted molar refractivity (Wildman–Crippen MR) is 213 cm³/mol. The molecular formula is C41H42Cl4O10. The minimum Gasteiger partial charge on any atom is -0.497 e. The van der Waals surface area contributed by atoms with E-state index >= 15 is 0 Å². The molecule has 10 nitrogen and oxygen atoms in total. The van der Waals surface area contributed by atoms with E-state index in [2.05, 4.69) is 0 Å². The van der Waals surface area contributed by atoms with E-state index < -0.39 is 20.5 Å². The van der Waals surface area contributed by atoms with Crippen molar-refractivity contribution in [2.45, 2.75) is 27.4 Å². The Bertz CT molecular complexity index is 1950. The third-order valence-corrected chi connectivity index (χ3v) is 11.5. The lowest BCUT2D eigenvalue weighted by Gasteiger charge is -2.13. The quantitative estimate of drug-likeness (QED) is 0.0850. The first-order valence-corrected chi connectivity index (χ1v) is 18.6. The second-order valence-electron chi connectivity index (χ2n) is 12.6. The molecule has 2 aliphatic carbocycles. The van der Waals surface area contributed by atoms with Crippen LogP contribution in [0.3, 0.4) is 0 Å². The molecule has 2 fully saturated rings. The first-order valence-electron chi connectivity index (χ1n) is 17.1. The van der Waals surface area contributed by atoms with E-state index in [0.29, 0.717) is 52.2 Å². The smallest absolute Gasteiger partial charge is 0.203 e. The van der Waals surface area contributed by atoms with Crippen LogP contribution in [-0.2, 0) is 0 Å². The Hall–Kier alpha value is -4.22. The SMILES string of the molecule is CCOc1ccc(C2C(C(=O)c3cc(OC)c(OC)c(OC)c3)C2(Cl)Cl)cc1.COc1ccc(C2C(C(=O)c3cc(OC)c(OC)c(OC)c3)C2(Cl)Cl)cc1. The molecule has 4 unspecified atom stereocenters. The molecule has 0 aliphatic heterocycles. The van der Waals surface area contributed by atoms with Crippen molar-refractivity contribution in [1.29, 1.82) is 0 Å². The van der Waals surface area contributed by atoms with Crippen LogP contribution >= 0.6 is 46.4 Å². The number of carbonyl (C=O) groups is 2. The van der Waals surface area contributed by atoms with Crippen LogP contribution in [0.1, 0.15) is 50.6 Å². The molecule has 0 bridgehead atoms. The summed E-state index contributed by atoms with van der Waals surface area (Å²) in [5.74, 6) is 1.80. The van der Waals surface area contributed by atoms with E-state index in [9.17, 15) is 9.59 Å². The number of Topliss-reactive ketones (excluding diaryl/α,β-unsaturated/α-hetero) is 2. The summed E-state index contributed by atoms with van der Waals surface area (Å²) in [6.07, 6.45) is 0. The maximum Gasteiger partial charge on any atom is 0.203 e. The Kier molecular flexibility index (Phi) is 13.2. The van der Waals surface area contributed by atoms with Crippen molar-refractivity contribution in [3.63, 3.8) is 0 Å². The molecule has 0 spiro atoms. The summed E-state index contributed by atoms with van der Waals surface area (Å²) in [5.41, 5.74) is 2.57. The van der Waals surface area contributed by atoms with Gasteiger partial charge in [-0.1, -0.05) is 24.3 Å². The Labute approximate surface area is 340 Å². The third-order valence-electron chi connectivity index (χ3n) is 9.60. The van der Waals surface area contributed by atoms with Gasteiger partial charge in [0.1, 0.15) is 20.2 Å². The van der Waals surface area contributed by atoms with Gasteiger partial charge in [0, 0.05) is 23.0 Å². The molecule has 2 saturated carbocycles. The average Bonchev–Trinajstić information content (AvgIpc) is 4.01. The monoisotopic (exact) mass is 834 g/mol. The summed E-state index contributed by atoms with van der Waals surface area (Å²) in [6, 6.07) is 21.3. The van der Waals surface area contributed by atoms with Gasteiger partial charge in [0.2, 0.25) is 11.5 Å². The maximum atomic E-state index is 13.2. The number of rotatable bonds is 15. The van der Waals surface area contributed by atoms with Gasteiger partial charge in [0.05, 0.1) is 68.2 Å². The number of hydrogen-bond donors (Lipinski definition) is 0. The predicted octanol–water partition coefficient (Wildman–Crippen LogP) is 9.37. The van der Waals surface area contributed by atoms with Crippen LogP contribution in [0.4, 0.5) is 0 Å². The van der Waals surface area contributed by atoms with Crippen molar-refractivity contribution in [3.8, 4) is 46.0 Å². The molecular weight excluding hydrogens is 794 g/mol. The highest BCUT2D eigenvalue weighted by atomic mass is 35.5. The van der Waals surface area contributed by atoms with E-state index in [4.69, 9.17) is 84.3 Å². The lowest BCUT2D eigenvalue weighted by atomic mass is 10.0. The van der Waals surface area contributed by atoms with Crippen LogP contribution in [0.15, 0.2) is 72.8 Å². The van der Waals surface area contributed by atoms with E-state index in [1.807, 2.05) is 55.5 Å². The molecule has 0 amide bonds. The molecule has 0 N–H and O–H groups in total. The Morgan fingerprint density at radius 2 is 0.836 bits per heavy atom. The molecule has 4 atom stereocenters.